The largest absolute Gasteiger partial charge is 0.385 e. The standard InChI is InChI=1S/C17H29N3O2/c1-14(2)22-13-16-8-5-7-15(11-16)12-20-17(18-3)19-9-6-10-21-4/h5,7-8,11,14H,6,9-10,12-13H2,1-4H3,(H2,18,19,20). The summed E-state index contributed by atoms with van der Waals surface area (Å²) in [7, 11) is 3.49. The molecule has 0 heterocycles. The summed E-state index contributed by atoms with van der Waals surface area (Å²) in [5.41, 5.74) is 2.40. The molecular formula is C17H29N3O2. The van der Waals surface area contributed by atoms with Gasteiger partial charge in [-0.25, -0.2) is 0 Å². The Balaban J connectivity index is 2.40. The Bertz CT molecular complexity index is 447. The van der Waals surface area contributed by atoms with Gasteiger partial charge in [0.2, 0.25) is 0 Å². The topological polar surface area (TPSA) is 54.9 Å². The van der Waals surface area contributed by atoms with Crippen molar-refractivity contribution < 1.29 is 9.47 Å². The molecule has 0 aliphatic rings. The average molecular weight is 307 g/mol. The van der Waals surface area contributed by atoms with Gasteiger partial charge in [-0.3, -0.25) is 4.99 Å². The van der Waals surface area contributed by atoms with E-state index in [4.69, 9.17) is 9.47 Å². The van der Waals surface area contributed by atoms with Gasteiger partial charge in [0.05, 0.1) is 12.7 Å². The molecule has 2 N–H and O–H groups in total. The second kappa shape index (κ2) is 11.0. The number of methoxy groups -OCH3 is 1. The predicted octanol–water partition coefficient (Wildman–Crippen LogP) is 2.31. The normalized spacial score (nSPS) is 11.8. The smallest absolute Gasteiger partial charge is 0.191 e. The minimum Gasteiger partial charge on any atom is -0.385 e. The fourth-order valence-corrected chi connectivity index (χ4v) is 1.92. The highest BCUT2D eigenvalue weighted by atomic mass is 16.5. The Hall–Kier alpha value is -1.59. The van der Waals surface area contributed by atoms with Crippen LogP contribution in [0.2, 0.25) is 0 Å². The zero-order valence-electron chi connectivity index (χ0n) is 14.2. The molecule has 0 amide bonds. The van der Waals surface area contributed by atoms with E-state index in [0.29, 0.717) is 6.61 Å². The number of aliphatic imine (C=N–C) groups is 1. The van der Waals surface area contributed by atoms with E-state index in [1.165, 1.54) is 11.1 Å². The van der Waals surface area contributed by atoms with Crippen LogP contribution in [0.3, 0.4) is 0 Å². The van der Waals surface area contributed by atoms with Gasteiger partial charge in [0, 0.05) is 33.9 Å². The van der Waals surface area contributed by atoms with E-state index in [-0.39, 0.29) is 6.10 Å². The van der Waals surface area contributed by atoms with Crippen LogP contribution in [0.5, 0.6) is 0 Å². The summed E-state index contributed by atoms with van der Waals surface area (Å²) in [5.74, 6) is 0.805. The van der Waals surface area contributed by atoms with Crippen molar-refractivity contribution in [3.63, 3.8) is 0 Å². The van der Waals surface area contributed by atoms with Gasteiger partial charge in [-0.15, -0.1) is 0 Å². The molecule has 1 aromatic carbocycles. The van der Waals surface area contributed by atoms with Crippen molar-refractivity contribution in [2.75, 3.05) is 27.3 Å². The van der Waals surface area contributed by atoms with Crippen molar-refractivity contribution in [2.45, 2.75) is 39.5 Å². The lowest BCUT2D eigenvalue weighted by Gasteiger charge is -2.13. The van der Waals surface area contributed by atoms with Crippen molar-refractivity contribution in [3.8, 4) is 0 Å². The lowest BCUT2D eigenvalue weighted by Crippen LogP contribution is -2.37. The minimum atomic E-state index is 0.247. The summed E-state index contributed by atoms with van der Waals surface area (Å²) >= 11 is 0. The summed E-state index contributed by atoms with van der Waals surface area (Å²) < 4.78 is 10.7. The van der Waals surface area contributed by atoms with E-state index in [9.17, 15) is 0 Å². The molecule has 22 heavy (non-hydrogen) atoms. The monoisotopic (exact) mass is 307 g/mol. The molecule has 0 unspecified atom stereocenters. The zero-order chi connectivity index (χ0) is 16.2. The van der Waals surface area contributed by atoms with Crippen LogP contribution in [0.15, 0.2) is 29.3 Å². The number of nitrogens with one attached hydrogen (secondary N) is 2. The summed E-state index contributed by atoms with van der Waals surface area (Å²) in [6.45, 7) is 7.07. The molecule has 0 aromatic heterocycles. The second-order valence-electron chi connectivity index (χ2n) is 5.38. The maximum absolute atomic E-state index is 5.64. The van der Waals surface area contributed by atoms with E-state index in [1.807, 2.05) is 13.8 Å². The molecule has 0 saturated carbocycles. The van der Waals surface area contributed by atoms with E-state index in [0.717, 1.165) is 32.1 Å². The molecule has 1 rings (SSSR count). The third-order valence-electron chi connectivity index (χ3n) is 3.08. The van der Waals surface area contributed by atoms with Gasteiger partial charge >= 0.3 is 0 Å². The molecule has 0 aliphatic heterocycles. The molecule has 5 heteroatoms. The summed E-state index contributed by atoms with van der Waals surface area (Å²) in [4.78, 5) is 4.21. The maximum Gasteiger partial charge on any atom is 0.191 e. The molecule has 0 fully saturated rings. The molecule has 0 spiro atoms. The van der Waals surface area contributed by atoms with E-state index in [2.05, 4.69) is 39.9 Å². The number of nitrogens with zero attached hydrogens (tertiary/aromatic N) is 1. The molecule has 5 nitrogen and oxygen atoms in total. The number of ether oxygens (including phenoxy) is 2. The lowest BCUT2D eigenvalue weighted by molar-refractivity contribution is 0.0657. The van der Waals surface area contributed by atoms with Gasteiger partial charge in [0.1, 0.15) is 0 Å². The first-order valence-corrected chi connectivity index (χ1v) is 7.78. The van der Waals surface area contributed by atoms with Gasteiger partial charge in [0.25, 0.3) is 0 Å². The van der Waals surface area contributed by atoms with E-state index < -0.39 is 0 Å². The van der Waals surface area contributed by atoms with E-state index >= 15 is 0 Å². The zero-order valence-corrected chi connectivity index (χ0v) is 14.2. The van der Waals surface area contributed by atoms with Gasteiger partial charge in [-0.1, -0.05) is 24.3 Å². The average Bonchev–Trinajstić information content (AvgIpc) is 2.52. The van der Waals surface area contributed by atoms with Crippen LogP contribution in [-0.4, -0.2) is 39.4 Å². The number of rotatable bonds is 9. The molecule has 0 saturated heterocycles. The summed E-state index contributed by atoms with van der Waals surface area (Å²) in [6, 6.07) is 8.41. The third-order valence-corrected chi connectivity index (χ3v) is 3.08. The Morgan fingerprint density at radius 3 is 2.68 bits per heavy atom. The Kier molecular flexibility index (Phi) is 9.26. The van der Waals surface area contributed by atoms with Crippen LogP contribution < -0.4 is 10.6 Å². The van der Waals surface area contributed by atoms with Crippen molar-refractivity contribution >= 4 is 5.96 Å². The third kappa shape index (κ3) is 8.00. The number of guanidine groups is 1. The van der Waals surface area contributed by atoms with Gasteiger partial charge in [-0.05, 0) is 31.4 Å². The molecule has 0 aliphatic carbocycles. The first-order chi connectivity index (χ1) is 10.7. The molecule has 0 radical (unpaired) electrons. The highest BCUT2D eigenvalue weighted by Crippen LogP contribution is 2.07. The highest BCUT2D eigenvalue weighted by Gasteiger charge is 2.01. The lowest BCUT2D eigenvalue weighted by atomic mass is 10.1. The van der Waals surface area contributed by atoms with Crippen molar-refractivity contribution in [1.29, 1.82) is 0 Å². The molecule has 0 bridgehead atoms. The fourth-order valence-electron chi connectivity index (χ4n) is 1.92. The summed E-state index contributed by atoms with van der Waals surface area (Å²) in [6.07, 6.45) is 1.20. The Labute approximate surface area is 134 Å². The van der Waals surface area contributed by atoms with Gasteiger partial charge in [-0.2, -0.15) is 0 Å². The van der Waals surface area contributed by atoms with Crippen molar-refractivity contribution in [1.82, 2.24) is 10.6 Å². The van der Waals surface area contributed by atoms with Crippen LogP contribution >= 0.6 is 0 Å². The molecule has 124 valence electrons. The Morgan fingerprint density at radius 1 is 1.23 bits per heavy atom. The quantitative estimate of drug-likeness (QED) is 0.418. The first-order valence-electron chi connectivity index (χ1n) is 7.78. The highest BCUT2D eigenvalue weighted by molar-refractivity contribution is 5.79. The fraction of sp³-hybridized carbons (Fsp3) is 0.588. The van der Waals surface area contributed by atoms with Gasteiger partial charge in [0.15, 0.2) is 5.96 Å². The van der Waals surface area contributed by atoms with Crippen molar-refractivity contribution in [2.24, 2.45) is 4.99 Å². The summed E-state index contributed by atoms with van der Waals surface area (Å²) in [5, 5.41) is 6.58. The van der Waals surface area contributed by atoms with E-state index in [1.54, 1.807) is 14.2 Å². The van der Waals surface area contributed by atoms with Gasteiger partial charge < -0.3 is 20.1 Å². The number of benzene rings is 1. The van der Waals surface area contributed by atoms with Crippen LogP contribution in [0.25, 0.3) is 0 Å². The first kappa shape index (κ1) is 18.5. The molecular weight excluding hydrogens is 278 g/mol. The predicted molar refractivity (Wildman–Crippen MR) is 91.1 cm³/mol. The Morgan fingerprint density at radius 2 is 2.00 bits per heavy atom. The maximum atomic E-state index is 5.64. The second-order valence-corrected chi connectivity index (χ2v) is 5.38. The number of hydrogen-bond donors (Lipinski definition) is 2. The van der Waals surface area contributed by atoms with Crippen LogP contribution in [0.4, 0.5) is 0 Å². The molecule has 1 aromatic rings. The molecule has 0 atom stereocenters. The SMILES string of the molecule is CN=C(NCCCOC)NCc1cccc(COC(C)C)c1. The van der Waals surface area contributed by atoms with Crippen LogP contribution in [-0.2, 0) is 22.6 Å². The number of hydrogen-bond acceptors (Lipinski definition) is 3. The minimum absolute atomic E-state index is 0.247. The van der Waals surface area contributed by atoms with Crippen LogP contribution in [0.1, 0.15) is 31.4 Å². The van der Waals surface area contributed by atoms with Crippen molar-refractivity contribution in [3.05, 3.63) is 35.4 Å². The van der Waals surface area contributed by atoms with Crippen LogP contribution in [0, 0.1) is 0 Å².